The molecule has 6 nitrogen and oxygen atoms in total. The minimum atomic E-state index is -0.396. The summed E-state index contributed by atoms with van der Waals surface area (Å²) in [5.74, 6) is 1.32. The summed E-state index contributed by atoms with van der Waals surface area (Å²) in [5.41, 5.74) is 1.17. The lowest BCUT2D eigenvalue weighted by Gasteiger charge is -2.26. The van der Waals surface area contributed by atoms with Gasteiger partial charge in [0.05, 0.1) is 11.4 Å². The van der Waals surface area contributed by atoms with Crippen LogP contribution in [0.4, 0.5) is 0 Å². The minimum absolute atomic E-state index is 0.0251. The molecule has 3 heterocycles. The fraction of sp³-hybridized carbons (Fsp3) is 0.364. The smallest absolute Gasteiger partial charge is 0.287 e. The monoisotopic (exact) mass is 380 g/mol. The third-order valence-electron chi connectivity index (χ3n) is 5.23. The van der Waals surface area contributed by atoms with Crippen LogP contribution in [0.1, 0.15) is 46.5 Å². The lowest BCUT2D eigenvalue weighted by molar-refractivity contribution is 0.0906. The second-order valence-corrected chi connectivity index (χ2v) is 7.39. The van der Waals surface area contributed by atoms with Gasteiger partial charge in [-0.1, -0.05) is 11.6 Å². The van der Waals surface area contributed by atoms with Crippen molar-refractivity contribution in [2.75, 3.05) is 19.6 Å². The Kier molecular flexibility index (Phi) is 5.05. The van der Waals surface area contributed by atoms with Gasteiger partial charge in [0.15, 0.2) is 11.2 Å². The van der Waals surface area contributed by atoms with Crippen LogP contribution >= 0.6 is 0 Å². The maximum atomic E-state index is 12.7. The number of fused-ring (bicyclic) bond motifs is 1. The second-order valence-electron chi connectivity index (χ2n) is 7.39. The van der Waals surface area contributed by atoms with E-state index in [4.69, 9.17) is 8.83 Å². The highest BCUT2D eigenvalue weighted by atomic mass is 16.3. The number of carbonyl (C=O) groups excluding carboxylic acids is 1. The van der Waals surface area contributed by atoms with Crippen molar-refractivity contribution in [1.29, 1.82) is 0 Å². The number of nitrogens with one attached hydrogen (secondary N) is 1. The van der Waals surface area contributed by atoms with Gasteiger partial charge in [0.25, 0.3) is 5.91 Å². The molecule has 0 radical (unpaired) electrons. The van der Waals surface area contributed by atoms with Gasteiger partial charge in [-0.2, -0.15) is 0 Å². The molecule has 1 atom stereocenters. The molecule has 28 heavy (non-hydrogen) atoms. The van der Waals surface area contributed by atoms with Gasteiger partial charge in [0.1, 0.15) is 17.1 Å². The average molecular weight is 380 g/mol. The number of furan rings is 1. The molecule has 0 saturated carbocycles. The Balaban J connectivity index is 1.54. The second kappa shape index (κ2) is 7.64. The molecule has 1 aliphatic rings. The molecule has 3 aromatic rings. The van der Waals surface area contributed by atoms with Gasteiger partial charge in [-0.15, -0.1) is 0 Å². The Hall–Kier alpha value is -2.86. The molecule has 2 aromatic heterocycles. The number of aryl methyl sites for hydroxylation is 2. The highest BCUT2D eigenvalue weighted by Gasteiger charge is 2.27. The van der Waals surface area contributed by atoms with Crippen LogP contribution in [0.2, 0.25) is 0 Å². The molecule has 0 spiro atoms. The van der Waals surface area contributed by atoms with E-state index in [0.717, 1.165) is 43.0 Å². The Labute approximate surface area is 163 Å². The van der Waals surface area contributed by atoms with E-state index in [1.54, 1.807) is 12.1 Å². The van der Waals surface area contributed by atoms with Crippen LogP contribution < -0.4 is 10.7 Å². The standard InChI is InChI=1S/C22H24N2O4/c1-14-5-7-19-16(11-14)18(25)12-21(28-19)22(26)23-13-17(24-9-3-4-10-24)20-8-6-15(2)27-20/h5-8,11-12,17H,3-4,9-10,13H2,1-2H3,(H,23,26)/t17-/m1/s1. The molecular formula is C22H24N2O4. The Morgan fingerprint density at radius 3 is 2.61 bits per heavy atom. The van der Waals surface area contributed by atoms with E-state index < -0.39 is 5.91 Å². The number of hydrogen-bond acceptors (Lipinski definition) is 5. The summed E-state index contributed by atoms with van der Waals surface area (Å²) in [6, 6.07) is 10.5. The molecule has 1 aromatic carbocycles. The van der Waals surface area contributed by atoms with Crippen LogP contribution in [-0.4, -0.2) is 30.4 Å². The van der Waals surface area contributed by atoms with E-state index in [9.17, 15) is 9.59 Å². The van der Waals surface area contributed by atoms with Crippen LogP contribution in [0.3, 0.4) is 0 Å². The largest absolute Gasteiger partial charge is 0.465 e. The summed E-state index contributed by atoms with van der Waals surface area (Å²) in [6.45, 7) is 6.17. The molecule has 1 saturated heterocycles. The van der Waals surface area contributed by atoms with E-state index in [1.165, 1.54) is 6.07 Å². The summed E-state index contributed by atoms with van der Waals surface area (Å²) >= 11 is 0. The summed E-state index contributed by atoms with van der Waals surface area (Å²) in [7, 11) is 0. The summed E-state index contributed by atoms with van der Waals surface area (Å²) in [4.78, 5) is 27.4. The van der Waals surface area contributed by atoms with Gasteiger partial charge in [-0.3, -0.25) is 14.5 Å². The van der Waals surface area contributed by atoms with Crippen molar-refractivity contribution in [3.8, 4) is 0 Å². The number of likely N-dealkylation sites (tertiary alicyclic amines) is 1. The first kappa shape index (κ1) is 18.5. The van der Waals surface area contributed by atoms with Crippen LogP contribution in [0.25, 0.3) is 11.0 Å². The number of nitrogens with zero attached hydrogens (tertiary/aromatic N) is 1. The zero-order chi connectivity index (χ0) is 19.7. The maximum Gasteiger partial charge on any atom is 0.287 e. The van der Waals surface area contributed by atoms with Crippen molar-refractivity contribution in [3.05, 3.63) is 69.5 Å². The topological polar surface area (TPSA) is 75.7 Å². The first-order valence-electron chi connectivity index (χ1n) is 9.64. The van der Waals surface area contributed by atoms with Gasteiger partial charge >= 0.3 is 0 Å². The molecule has 1 aliphatic heterocycles. The number of benzene rings is 1. The van der Waals surface area contributed by atoms with Gasteiger partial charge < -0.3 is 14.2 Å². The van der Waals surface area contributed by atoms with Crippen molar-refractivity contribution >= 4 is 16.9 Å². The van der Waals surface area contributed by atoms with Crippen LogP contribution in [0.5, 0.6) is 0 Å². The fourth-order valence-electron chi connectivity index (χ4n) is 3.75. The zero-order valence-electron chi connectivity index (χ0n) is 16.2. The predicted molar refractivity (Wildman–Crippen MR) is 107 cm³/mol. The average Bonchev–Trinajstić information content (AvgIpc) is 3.34. The Bertz CT molecular complexity index is 1060. The van der Waals surface area contributed by atoms with E-state index in [1.807, 2.05) is 32.0 Å². The first-order valence-corrected chi connectivity index (χ1v) is 9.64. The van der Waals surface area contributed by atoms with E-state index in [0.29, 0.717) is 17.5 Å². The van der Waals surface area contributed by atoms with E-state index >= 15 is 0 Å². The highest BCUT2D eigenvalue weighted by Crippen LogP contribution is 2.26. The summed E-state index contributed by atoms with van der Waals surface area (Å²) in [5, 5.41) is 3.40. The molecule has 146 valence electrons. The first-order chi connectivity index (χ1) is 13.5. The molecule has 4 rings (SSSR count). The SMILES string of the molecule is Cc1ccc2oc(C(=O)NC[C@H](c3ccc(C)o3)N3CCCC3)cc(=O)c2c1. The third kappa shape index (κ3) is 3.73. The van der Waals surface area contributed by atoms with Gasteiger partial charge in [-0.25, -0.2) is 0 Å². The van der Waals surface area contributed by atoms with Crippen LogP contribution in [-0.2, 0) is 0 Å². The molecule has 0 unspecified atom stereocenters. The number of rotatable bonds is 5. The maximum absolute atomic E-state index is 12.7. The fourth-order valence-corrected chi connectivity index (χ4v) is 3.75. The lowest BCUT2D eigenvalue weighted by atomic mass is 10.1. The molecule has 1 N–H and O–H groups in total. The minimum Gasteiger partial charge on any atom is -0.465 e. The van der Waals surface area contributed by atoms with E-state index in [-0.39, 0.29) is 17.2 Å². The molecule has 0 aliphatic carbocycles. The Morgan fingerprint density at radius 2 is 1.89 bits per heavy atom. The molecule has 1 amide bonds. The number of carbonyl (C=O) groups is 1. The van der Waals surface area contributed by atoms with Crippen molar-refractivity contribution < 1.29 is 13.6 Å². The van der Waals surface area contributed by atoms with Gasteiger partial charge in [0.2, 0.25) is 0 Å². The molecule has 6 heteroatoms. The van der Waals surface area contributed by atoms with Crippen molar-refractivity contribution in [2.24, 2.45) is 0 Å². The van der Waals surface area contributed by atoms with Gasteiger partial charge in [0, 0.05) is 12.6 Å². The van der Waals surface area contributed by atoms with Crippen LogP contribution in [0, 0.1) is 13.8 Å². The lowest BCUT2D eigenvalue weighted by Crippen LogP contribution is -2.36. The van der Waals surface area contributed by atoms with Crippen molar-refractivity contribution in [3.63, 3.8) is 0 Å². The predicted octanol–water partition coefficient (Wildman–Crippen LogP) is 3.57. The molecule has 1 fully saturated rings. The summed E-state index contributed by atoms with van der Waals surface area (Å²) in [6.07, 6.45) is 2.28. The van der Waals surface area contributed by atoms with Gasteiger partial charge in [-0.05, 0) is 64.0 Å². The highest BCUT2D eigenvalue weighted by molar-refractivity contribution is 5.93. The normalized spacial score (nSPS) is 15.8. The number of amides is 1. The van der Waals surface area contributed by atoms with Crippen molar-refractivity contribution in [1.82, 2.24) is 10.2 Å². The quantitative estimate of drug-likeness (QED) is 0.732. The third-order valence-corrected chi connectivity index (χ3v) is 5.23. The molecular weight excluding hydrogens is 356 g/mol. The summed E-state index contributed by atoms with van der Waals surface area (Å²) < 4.78 is 11.5. The molecule has 0 bridgehead atoms. The number of hydrogen-bond donors (Lipinski definition) is 1. The van der Waals surface area contributed by atoms with Crippen LogP contribution in [0.15, 0.2) is 50.0 Å². The Morgan fingerprint density at radius 1 is 1.11 bits per heavy atom. The van der Waals surface area contributed by atoms with Crippen molar-refractivity contribution in [2.45, 2.75) is 32.7 Å². The zero-order valence-corrected chi connectivity index (χ0v) is 16.2. The van der Waals surface area contributed by atoms with E-state index in [2.05, 4.69) is 10.2 Å².